The molecule has 18 N–H and O–H groups in total. The van der Waals surface area contributed by atoms with Gasteiger partial charge in [-0.3, -0.25) is 76.7 Å². The van der Waals surface area contributed by atoms with E-state index in [-0.39, 0.29) is 50.5 Å². The molecule has 2 aliphatic rings. The van der Waals surface area contributed by atoms with E-state index in [1.54, 1.807) is 62.3 Å². The van der Waals surface area contributed by atoms with Crippen LogP contribution in [0.15, 0.2) is 30.3 Å². The van der Waals surface area contributed by atoms with Gasteiger partial charge in [0.15, 0.2) is 0 Å². The van der Waals surface area contributed by atoms with Gasteiger partial charge in [-0.15, -0.1) is 0 Å². The Labute approximate surface area is 638 Å². The van der Waals surface area contributed by atoms with Gasteiger partial charge in [-0.2, -0.15) is 0 Å². The van der Waals surface area contributed by atoms with Crippen molar-refractivity contribution in [3.63, 3.8) is 0 Å². The SMILES string of the molecule is CCC(C)(NC(=O)C(CCC(N)=O)NC(=O)C1CC(O)CN1C(=O)C(C)(C)NC(=O)C(NC(=O)C(CC(C)C)NC(=O)CNC(=O)C(NC(=O)C(C)(C)NC(=O)C(C)(C)NC(=O)C(C)(C)NC(=O)C(NC(C)=O)C(C)C)C(C)C)C(C)C)C(=O)N1CC(O)CC1C(=O)NC(C)(C)C(=O)NC(CO)Cc1ccccc1. The molecule has 2 saturated heterocycles. The van der Waals surface area contributed by atoms with Gasteiger partial charge in [0.05, 0.1) is 31.4 Å². The molecule has 1 aromatic carbocycles. The highest BCUT2D eigenvalue weighted by molar-refractivity contribution is 6.03. The zero-order valence-electron chi connectivity index (χ0n) is 67.1. The first kappa shape index (κ1) is 93.8. The smallest absolute Gasteiger partial charge is 0.248 e. The maximum Gasteiger partial charge on any atom is 0.248 e. The first-order valence-electron chi connectivity index (χ1n) is 37.0. The number of primary amides is 1. The molecule has 0 aliphatic carbocycles. The van der Waals surface area contributed by atoms with Gasteiger partial charge < -0.3 is 100.0 Å². The van der Waals surface area contributed by atoms with Crippen molar-refractivity contribution in [1.82, 2.24) is 78.9 Å². The van der Waals surface area contributed by atoms with Crippen molar-refractivity contribution in [3.05, 3.63) is 35.9 Å². The van der Waals surface area contributed by atoms with Gasteiger partial charge in [0.2, 0.25) is 94.5 Å². The Morgan fingerprint density at radius 3 is 1.42 bits per heavy atom. The van der Waals surface area contributed by atoms with Crippen LogP contribution in [-0.4, -0.2) is 240 Å². The predicted octanol–water partition coefficient (Wildman–Crippen LogP) is -2.77. The summed E-state index contributed by atoms with van der Waals surface area (Å²) < 4.78 is 0. The number of benzene rings is 1. The van der Waals surface area contributed by atoms with Crippen LogP contribution < -0.4 is 74.9 Å². The molecule has 2 fully saturated rings. The third-order valence-corrected chi connectivity index (χ3v) is 19.0. The quantitative estimate of drug-likeness (QED) is 0.0317. The van der Waals surface area contributed by atoms with Crippen molar-refractivity contribution in [3.8, 4) is 0 Å². The fourth-order valence-electron chi connectivity index (χ4n) is 12.1. The highest BCUT2D eigenvalue weighted by Crippen LogP contribution is 2.27. The minimum atomic E-state index is -1.89. The largest absolute Gasteiger partial charge is 0.394 e. The lowest BCUT2D eigenvalue weighted by Crippen LogP contribution is -2.67. The molecule has 109 heavy (non-hydrogen) atoms. The summed E-state index contributed by atoms with van der Waals surface area (Å²) in [6.45, 7) is 29.4. The molecule has 612 valence electrons. The number of carbonyl (C=O) groups excluding carboxylic acids is 16. The summed E-state index contributed by atoms with van der Waals surface area (Å²) in [4.78, 5) is 222. The van der Waals surface area contributed by atoms with E-state index in [0.717, 1.165) is 15.4 Å². The van der Waals surface area contributed by atoms with Crippen LogP contribution in [0.3, 0.4) is 0 Å². The van der Waals surface area contributed by atoms with E-state index < -0.39 is 233 Å². The van der Waals surface area contributed by atoms with Crippen LogP contribution >= 0.6 is 0 Å². The average molecular weight is 1540 g/mol. The zero-order chi connectivity index (χ0) is 83.6. The number of nitrogens with zero attached hydrogens (tertiary/aromatic N) is 2. The summed E-state index contributed by atoms with van der Waals surface area (Å²) >= 11 is 0. The Morgan fingerprint density at radius 1 is 0.495 bits per heavy atom. The molecule has 2 heterocycles. The molecule has 0 saturated carbocycles. The molecule has 0 aromatic heterocycles. The van der Waals surface area contributed by atoms with E-state index in [0.29, 0.717) is 0 Å². The monoisotopic (exact) mass is 1540 g/mol. The second-order valence-electron chi connectivity index (χ2n) is 32.8. The van der Waals surface area contributed by atoms with E-state index >= 15 is 0 Å². The lowest BCUT2D eigenvalue weighted by Gasteiger charge is -2.37. The first-order valence-corrected chi connectivity index (χ1v) is 37.0. The average Bonchev–Trinajstić information content (AvgIpc) is 1.77. The molecule has 11 unspecified atom stereocenters. The van der Waals surface area contributed by atoms with Gasteiger partial charge >= 0.3 is 0 Å². The Kier molecular flexibility index (Phi) is 33.8. The summed E-state index contributed by atoms with van der Waals surface area (Å²) in [5.41, 5.74) is -3.99. The molecular formula is C74H122N16O19. The van der Waals surface area contributed by atoms with Gasteiger partial charge in [-0.1, -0.05) is 92.6 Å². The second kappa shape index (κ2) is 39.3. The molecule has 3 rings (SSSR count). The van der Waals surface area contributed by atoms with Gasteiger partial charge in [0.1, 0.15) is 75.5 Å². The van der Waals surface area contributed by atoms with Crippen molar-refractivity contribution in [2.75, 3.05) is 26.2 Å². The van der Waals surface area contributed by atoms with Crippen LogP contribution in [0, 0.1) is 23.7 Å². The third-order valence-electron chi connectivity index (χ3n) is 19.0. The minimum Gasteiger partial charge on any atom is -0.394 e. The number of nitrogens with one attached hydrogen (secondary N) is 13. The van der Waals surface area contributed by atoms with Gasteiger partial charge in [-0.25, -0.2) is 0 Å². The summed E-state index contributed by atoms with van der Waals surface area (Å²) in [7, 11) is 0. The van der Waals surface area contributed by atoms with Crippen molar-refractivity contribution in [2.24, 2.45) is 29.4 Å². The van der Waals surface area contributed by atoms with Crippen molar-refractivity contribution < 1.29 is 92.0 Å². The predicted molar refractivity (Wildman–Crippen MR) is 400 cm³/mol. The van der Waals surface area contributed by atoms with Crippen LogP contribution in [0.4, 0.5) is 0 Å². The van der Waals surface area contributed by atoms with Crippen LogP contribution in [0.1, 0.15) is 189 Å². The number of rotatable bonds is 39. The normalized spacial score (nSPS) is 18.4. The van der Waals surface area contributed by atoms with Crippen LogP contribution in [-0.2, 0) is 83.1 Å². The molecule has 1 aromatic rings. The number of nitrogens with two attached hydrogens (primary N) is 1. The zero-order valence-corrected chi connectivity index (χ0v) is 67.1. The fraction of sp³-hybridized carbons (Fsp3) is 0.703. The Morgan fingerprint density at radius 2 is 0.945 bits per heavy atom. The molecule has 16 amide bonds. The topological polar surface area (TPSA) is 523 Å². The third kappa shape index (κ3) is 27.3. The Balaban J connectivity index is 1.73. The Bertz CT molecular complexity index is 3490. The van der Waals surface area contributed by atoms with E-state index in [1.807, 2.05) is 30.3 Å². The standard InChI is InChI=1S/C74H122N16O19/c1-22-74(21,68(109)90-36-46(94)33-50(90)59(100)83-69(11,12)63(104)78-44(37-91)31-43-26-24-23-25-27-43)86-57(98)47(28-29-51(75)95)80-58(99)49-32-45(93)35-89(49)67(108)73(19,20)85-62(103)55(41(8)9)81-56(97)48(30-38(2)3)79-52(96)34-76-60(101)53(39(4)5)82-64(105)70(13,14)87-66(107)72(17,18)88-65(106)71(15,16)84-61(102)54(40(6)7)77-42(10)92/h23-27,38-41,44-50,53-55,91,93-94H,22,28-37H2,1-21H3,(H2,75,95)(H,76,101)(H,77,92)(H,78,104)(H,79,96)(H,80,99)(H,81,97)(H,82,105)(H,83,100)(H,84,102)(H,85,103)(H,86,98)(H,87,107)(H,88,106). The van der Waals surface area contributed by atoms with Gasteiger partial charge in [0, 0.05) is 39.3 Å². The number of amides is 16. The molecule has 0 spiro atoms. The molecule has 0 radical (unpaired) electrons. The molecule has 2 aliphatic heterocycles. The first-order chi connectivity index (χ1) is 50.1. The molecular weight excluding hydrogens is 1420 g/mol. The summed E-state index contributed by atoms with van der Waals surface area (Å²) in [6, 6.07) is -1.02. The van der Waals surface area contributed by atoms with E-state index in [1.165, 1.54) is 83.1 Å². The second-order valence-corrected chi connectivity index (χ2v) is 32.8. The summed E-state index contributed by atoms with van der Waals surface area (Å²) in [5.74, 6) is -14.7. The molecule has 0 bridgehead atoms. The number of aliphatic hydroxyl groups excluding tert-OH is 3. The van der Waals surface area contributed by atoms with Crippen LogP contribution in [0.25, 0.3) is 0 Å². The van der Waals surface area contributed by atoms with Crippen molar-refractivity contribution in [2.45, 2.75) is 284 Å². The number of hydrogen-bond acceptors (Lipinski definition) is 19. The van der Waals surface area contributed by atoms with Crippen molar-refractivity contribution >= 4 is 94.5 Å². The maximum atomic E-state index is 14.6. The van der Waals surface area contributed by atoms with E-state index in [4.69, 9.17) is 5.73 Å². The molecule has 11 atom stereocenters. The number of carbonyl (C=O) groups is 16. The number of likely N-dealkylation sites (tertiary alicyclic amines) is 2. The number of β-amino-alcohol motifs (C(OH)–C–C–N with tert-alkyl or cyclic N) is 2. The Hall–Kier alpha value is -9.38. The lowest BCUT2D eigenvalue weighted by atomic mass is 9.94. The highest BCUT2D eigenvalue weighted by atomic mass is 16.3. The number of aliphatic hydroxyl groups is 3. The highest BCUT2D eigenvalue weighted by Gasteiger charge is 2.50. The van der Waals surface area contributed by atoms with E-state index in [2.05, 4.69) is 69.1 Å². The van der Waals surface area contributed by atoms with Gasteiger partial charge in [0.25, 0.3) is 0 Å². The van der Waals surface area contributed by atoms with Crippen LogP contribution in [0.2, 0.25) is 0 Å². The minimum absolute atomic E-state index is 0.0280. The number of hydrogen-bond donors (Lipinski definition) is 17. The van der Waals surface area contributed by atoms with E-state index in [9.17, 15) is 92.0 Å². The molecule has 35 heteroatoms. The summed E-state index contributed by atoms with van der Waals surface area (Å²) in [6.07, 6.45) is -3.82. The van der Waals surface area contributed by atoms with Gasteiger partial charge in [-0.05, 0) is 131 Å². The fourth-order valence-corrected chi connectivity index (χ4v) is 12.1. The van der Waals surface area contributed by atoms with Crippen LogP contribution in [0.5, 0.6) is 0 Å². The maximum absolute atomic E-state index is 14.6. The summed E-state index contributed by atoms with van der Waals surface area (Å²) in [5, 5.41) is 65.8. The molecule has 35 nitrogen and oxygen atoms in total. The van der Waals surface area contributed by atoms with Crippen molar-refractivity contribution in [1.29, 1.82) is 0 Å². The lowest BCUT2D eigenvalue weighted by molar-refractivity contribution is -0.147.